The van der Waals surface area contributed by atoms with Crippen LogP contribution in [0.4, 0.5) is 4.79 Å². The number of carbonyl (C=O) groups is 2. The van der Waals surface area contributed by atoms with Gasteiger partial charge in [0.25, 0.3) is 0 Å². The van der Waals surface area contributed by atoms with Crippen molar-refractivity contribution in [3.05, 3.63) is 0 Å². The van der Waals surface area contributed by atoms with Crippen molar-refractivity contribution >= 4 is 22.9 Å². The van der Waals surface area contributed by atoms with Crippen molar-refractivity contribution in [1.82, 2.24) is 4.90 Å². The largest absolute Gasteiger partial charge is 0.466 e. The maximum atomic E-state index is 10.8. The van der Waals surface area contributed by atoms with Crippen LogP contribution in [0, 0.1) is 0 Å². The minimum Gasteiger partial charge on any atom is -0.466 e. The van der Waals surface area contributed by atoms with Crippen LogP contribution in [-0.2, 0) is 9.53 Å². The van der Waals surface area contributed by atoms with E-state index >= 15 is 0 Å². The minimum absolute atomic E-state index is 0.183. The molecule has 0 aromatic heterocycles. The van der Waals surface area contributed by atoms with Crippen molar-refractivity contribution in [2.45, 2.75) is 13.3 Å². The molecule has 0 radical (unpaired) electrons. The Morgan fingerprint density at radius 3 is 2.50 bits per heavy atom. The van der Waals surface area contributed by atoms with Gasteiger partial charge in [-0.2, -0.15) is 0 Å². The molecule has 0 rings (SSSR count). The summed E-state index contributed by atoms with van der Waals surface area (Å²) >= 11 is 5.12. The van der Waals surface area contributed by atoms with Gasteiger partial charge in [0.2, 0.25) is 0 Å². The predicted octanol–water partition coefficient (Wildman–Crippen LogP) is 1.23. The summed E-state index contributed by atoms with van der Waals surface area (Å²) in [5.41, 5.74) is 0. The zero-order valence-corrected chi connectivity index (χ0v) is 7.93. The van der Waals surface area contributed by atoms with Crippen molar-refractivity contribution in [3.8, 4) is 0 Å². The van der Waals surface area contributed by atoms with Crippen LogP contribution < -0.4 is 0 Å². The molecule has 12 heavy (non-hydrogen) atoms. The van der Waals surface area contributed by atoms with Crippen LogP contribution in [0.3, 0.4) is 0 Å². The van der Waals surface area contributed by atoms with E-state index in [9.17, 15) is 9.59 Å². The third kappa shape index (κ3) is 4.96. The molecule has 0 aliphatic rings. The molecule has 0 saturated heterocycles. The van der Waals surface area contributed by atoms with Gasteiger partial charge in [0.1, 0.15) is 0 Å². The van der Waals surface area contributed by atoms with E-state index < -0.39 is 5.37 Å². The summed E-state index contributed by atoms with van der Waals surface area (Å²) in [6.07, 6.45) is 0.183. The molecule has 0 heterocycles. The second kappa shape index (κ2) is 5.83. The zero-order valence-electron chi connectivity index (χ0n) is 7.17. The van der Waals surface area contributed by atoms with Crippen molar-refractivity contribution in [1.29, 1.82) is 0 Å². The highest BCUT2D eigenvalue weighted by atomic mass is 35.5. The lowest BCUT2D eigenvalue weighted by Crippen LogP contribution is -2.24. The maximum absolute atomic E-state index is 10.8. The number of hydrogen-bond acceptors (Lipinski definition) is 3. The number of halogens is 1. The van der Waals surface area contributed by atoms with Crippen LogP contribution >= 0.6 is 11.6 Å². The third-order valence-electron chi connectivity index (χ3n) is 1.26. The number of nitrogens with zero attached hydrogens (tertiary/aromatic N) is 1. The van der Waals surface area contributed by atoms with Gasteiger partial charge in [-0.15, -0.1) is 0 Å². The van der Waals surface area contributed by atoms with Crippen molar-refractivity contribution in [2.75, 3.05) is 20.2 Å². The summed E-state index contributed by atoms with van der Waals surface area (Å²) in [6, 6.07) is 0. The van der Waals surface area contributed by atoms with E-state index in [4.69, 9.17) is 11.6 Å². The van der Waals surface area contributed by atoms with Crippen LogP contribution in [0.15, 0.2) is 0 Å². The number of rotatable bonds is 4. The molecule has 0 atom stereocenters. The number of hydrogen-bond donors (Lipinski definition) is 0. The predicted molar refractivity (Wildman–Crippen MR) is 45.1 cm³/mol. The van der Waals surface area contributed by atoms with E-state index in [1.807, 2.05) is 0 Å². The lowest BCUT2D eigenvalue weighted by molar-refractivity contribution is -0.143. The van der Waals surface area contributed by atoms with Gasteiger partial charge in [-0.3, -0.25) is 9.59 Å². The van der Waals surface area contributed by atoms with Crippen LogP contribution in [-0.4, -0.2) is 36.4 Å². The Kier molecular flexibility index (Phi) is 5.45. The molecule has 0 aromatic rings. The second-order valence-corrected chi connectivity index (χ2v) is 2.55. The van der Waals surface area contributed by atoms with Crippen LogP contribution in [0.25, 0.3) is 0 Å². The van der Waals surface area contributed by atoms with Gasteiger partial charge in [-0.1, -0.05) is 0 Å². The fraction of sp³-hybridized carbons (Fsp3) is 0.714. The van der Waals surface area contributed by atoms with E-state index in [0.29, 0.717) is 13.2 Å². The molecule has 1 amide bonds. The van der Waals surface area contributed by atoms with Crippen molar-refractivity contribution < 1.29 is 14.3 Å². The normalized spacial score (nSPS) is 9.25. The van der Waals surface area contributed by atoms with Gasteiger partial charge in [0.05, 0.1) is 13.0 Å². The summed E-state index contributed by atoms with van der Waals surface area (Å²) < 4.78 is 4.65. The minimum atomic E-state index is -0.570. The second-order valence-electron chi connectivity index (χ2n) is 2.23. The van der Waals surface area contributed by atoms with Crippen LogP contribution in [0.5, 0.6) is 0 Å². The van der Waals surface area contributed by atoms with E-state index in [-0.39, 0.29) is 12.4 Å². The summed E-state index contributed by atoms with van der Waals surface area (Å²) in [7, 11) is 1.52. The lowest BCUT2D eigenvalue weighted by atomic mass is 10.4. The molecular formula is C7H12ClNO3. The Balaban J connectivity index is 3.54. The molecule has 0 fully saturated rings. The topological polar surface area (TPSA) is 46.6 Å². The molecule has 0 spiro atoms. The van der Waals surface area contributed by atoms with Gasteiger partial charge in [-0.25, -0.2) is 0 Å². The smallest absolute Gasteiger partial charge is 0.316 e. The molecule has 0 aromatic carbocycles. The summed E-state index contributed by atoms with van der Waals surface area (Å²) in [4.78, 5) is 22.5. The first-order chi connectivity index (χ1) is 5.57. The number of amides is 1. The van der Waals surface area contributed by atoms with E-state index in [2.05, 4.69) is 4.74 Å². The highest BCUT2D eigenvalue weighted by Crippen LogP contribution is 1.95. The first kappa shape index (κ1) is 11.2. The molecule has 5 heteroatoms. The zero-order chi connectivity index (χ0) is 9.56. The summed E-state index contributed by atoms with van der Waals surface area (Å²) in [6.45, 7) is 2.38. The quantitative estimate of drug-likeness (QED) is 0.383. The van der Waals surface area contributed by atoms with Gasteiger partial charge in [-0.05, 0) is 18.5 Å². The van der Waals surface area contributed by atoms with Gasteiger partial charge < -0.3 is 9.64 Å². The summed E-state index contributed by atoms with van der Waals surface area (Å²) in [5, 5.41) is -0.570. The summed E-state index contributed by atoms with van der Waals surface area (Å²) in [5.74, 6) is -0.317. The van der Waals surface area contributed by atoms with E-state index in [1.165, 1.54) is 11.9 Å². The average Bonchev–Trinajstić information content (AvgIpc) is 2.00. The molecule has 0 aliphatic carbocycles. The Hall–Kier alpha value is -0.770. The number of esters is 1. The van der Waals surface area contributed by atoms with Crippen molar-refractivity contribution in [3.63, 3.8) is 0 Å². The highest BCUT2D eigenvalue weighted by molar-refractivity contribution is 6.62. The molecule has 4 nitrogen and oxygen atoms in total. The Morgan fingerprint density at radius 2 is 2.08 bits per heavy atom. The molecule has 0 unspecified atom stereocenters. The highest BCUT2D eigenvalue weighted by Gasteiger charge is 2.07. The van der Waals surface area contributed by atoms with Crippen molar-refractivity contribution in [2.24, 2.45) is 0 Å². The fourth-order valence-electron chi connectivity index (χ4n) is 0.580. The van der Waals surface area contributed by atoms with E-state index in [1.54, 1.807) is 6.92 Å². The Bertz CT molecular complexity index is 172. The maximum Gasteiger partial charge on any atom is 0.316 e. The van der Waals surface area contributed by atoms with Crippen LogP contribution in [0.2, 0.25) is 0 Å². The Labute approximate surface area is 76.4 Å². The van der Waals surface area contributed by atoms with Gasteiger partial charge >= 0.3 is 11.3 Å². The van der Waals surface area contributed by atoms with E-state index in [0.717, 1.165) is 0 Å². The first-order valence-corrected chi connectivity index (χ1v) is 4.02. The number of ether oxygens (including phenoxy) is 1. The molecule has 70 valence electrons. The molecule has 0 bridgehead atoms. The molecule has 0 saturated carbocycles. The van der Waals surface area contributed by atoms with Gasteiger partial charge in [0, 0.05) is 13.6 Å². The average molecular weight is 194 g/mol. The molecular weight excluding hydrogens is 182 g/mol. The first-order valence-electron chi connectivity index (χ1n) is 3.64. The standard InChI is InChI=1S/C7H12ClNO3/c1-3-12-6(10)4-5-9(2)7(8)11/h3-5H2,1-2H3. The Morgan fingerprint density at radius 1 is 1.50 bits per heavy atom. The monoisotopic (exact) mass is 193 g/mol. The molecule has 0 N–H and O–H groups in total. The fourth-order valence-corrected chi connectivity index (χ4v) is 0.665. The number of carbonyl (C=O) groups excluding carboxylic acids is 2. The molecule has 0 aliphatic heterocycles. The van der Waals surface area contributed by atoms with Crippen LogP contribution in [0.1, 0.15) is 13.3 Å². The lowest BCUT2D eigenvalue weighted by Gasteiger charge is -2.11. The SMILES string of the molecule is CCOC(=O)CCN(C)C(=O)Cl. The third-order valence-corrected chi connectivity index (χ3v) is 1.55. The van der Waals surface area contributed by atoms with Gasteiger partial charge in [0.15, 0.2) is 0 Å².